The molecule has 0 saturated carbocycles. The number of aliphatic hydroxyl groups is 1. The minimum Gasteiger partial charge on any atom is -0.489 e. The predicted molar refractivity (Wildman–Crippen MR) is 123 cm³/mol. The number of rotatable bonds is 11. The standard InChI is InChI=1S/C25H26ClNO5/c1-18(28)31-32-24-7-2-4-20(14-24)17-30-23-10-8-19(9-11-23)12-13-27-16-25(29)21-5-3-6-22(26)15-21/h2-11,14-15,25,27,29H,12-13,16-17H2,1H3/t25-/m0/s1. The Bertz CT molecular complexity index is 1010. The van der Waals surface area contributed by atoms with Crippen LogP contribution in [0.2, 0.25) is 5.02 Å². The zero-order valence-corrected chi connectivity index (χ0v) is 18.5. The molecule has 3 aromatic carbocycles. The van der Waals surface area contributed by atoms with Crippen molar-refractivity contribution in [2.45, 2.75) is 26.1 Å². The van der Waals surface area contributed by atoms with Crippen LogP contribution in [-0.2, 0) is 22.7 Å². The van der Waals surface area contributed by atoms with Gasteiger partial charge in [-0.05, 0) is 66.1 Å². The van der Waals surface area contributed by atoms with Crippen molar-refractivity contribution >= 4 is 17.6 Å². The smallest absolute Gasteiger partial charge is 0.352 e. The number of nitrogens with one attached hydrogen (secondary N) is 1. The molecule has 0 spiro atoms. The third kappa shape index (κ3) is 7.89. The molecule has 0 aliphatic heterocycles. The van der Waals surface area contributed by atoms with Gasteiger partial charge in [0.05, 0.1) is 6.10 Å². The van der Waals surface area contributed by atoms with Crippen molar-refractivity contribution in [1.29, 1.82) is 0 Å². The minimum absolute atomic E-state index is 0.361. The van der Waals surface area contributed by atoms with E-state index in [1.54, 1.807) is 30.3 Å². The van der Waals surface area contributed by atoms with Crippen molar-refractivity contribution < 1.29 is 24.4 Å². The maximum absolute atomic E-state index is 10.8. The molecule has 0 saturated heterocycles. The van der Waals surface area contributed by atoms with Crippen LogP contribution in [-0.4, -0.2) is 24.2 Å². The van der Waals surface area contributed by atoms with E-state index in [0.29, 0.717) is 23.9 Å². The van der Waals surface area contributed by atoms with Gasteiger partial charge < -0.3 is 15.2 Å². The Balaban J connectivity index is 1.39. The second-order valence-corrected chi connectivity index (χ2v) is 7.70. The van der Waals surface area contributed by atoms with Gasteiger partial charge in [-0.2, -0.15) is 0 Å². The Hall–Kier alpha value is -3.06. The van der Waals surface area contributed by atoms with Crippen molar-refractivity contribution in [3.63, 3.8) is 0 Å². The van der Waals surface area contributed by atoms with Crippen molar-refractivity contribution in [2.75, 3.05) is 13.1 Å². The van der Waals surface area contributed by atoms with E-state index < -0.39 is 12.1 Å². The van der Waals surface area contributed by atoms with Crippen LogP contribution in [0.4, 0.5) is 0 Å². The van der Waals surface area contributed by atoms with Crippen LogP contribution in [0, 0.1) is 0 Å². The number of carbonyl (C=O) groups is 1. The lowest BCUT2D eigenvalue weighted by molar-refractivity contribution is -0.210. The minimum atomic E-state index is -0.595. The number of aliphatic hydroxyl groups excluding tert-OH is 1. The fourth-order valence-corrected chi connectivity index (χ4v) is 3.21. The van der Waals surface area contributed by atoms with Gasteiger partial charge in [-0.3, -0.25) is 9.78 Å². The van der Waals surface area contributed by atoms with E-state index in [1.807, 2.05) is 42.5 Å². The van der Waals surface area contributed by atoms with Gasteiger partial charge in [-0.1, -0.05) is 48.0 Å². The van der Waals surface area contributed by atoms with Crippen molar-refractivity contribution in [2.24, 2.45) is 0 Å². The van der Waals surface area contributed by atoms with Crippen LogP contribution in [0.25, 0.3) is 0 Å². The SMILES string of the molecule is CC(=O)OOc1cccc(COc2ccc(CCNC[C@H](O)c3cccc(Cl)c3)cc2)c1. The number of ether oxygens (including phenoxy) is 1. The van der Waals surface area contributed by atoms with Gasteiger partial charge in [0.1, 0.15) is 12.4 Å². The summed E-state index contributed by atoms with van der Waals surface area (Å²) in [7, 11) is 0. The lowest BCUT2D eigenvalue weighted by atomic mass is 10.1. The van der Waals surface area contributed by atoms with Gasteiger partial charge in [-0.15, -0.1) is 0 Å². The number of hydrogen-bond acceptors (Lipinski definition) is 6. The molecule has 0 aliphatic rings. The van der Waals surface area contributed by atoms with Gasteiger partial charge in [0, 0.05) is 18.5 Å². The first-order chi connectivity index (χ1) is 15.5. The first-order valence-electron chi connectivity index (χ1n) is 10.3. The number of halogens is 1. The van der Waals surface area contributed by atoms with E-state index in [1.165, 1.54) is 12.5 Å². The number of hydrogen-bond donors (Lipinski definition) is 2. The molecule has 0 unspecified atom stereocenters. The average molecular weight is 456 g/mol. The molecule has 0 amide bonds. The number of benzene rings is 3. The molecule has 1 atom stereocenters. The summed E-state index contributed by atoms with van der Waals surface area (Å²) in [6.07, 6.45) is 0.236. The van der Waals surface area contributed by atoms with E-state index in [2.05, 4.69) is 10.2 Å². The topological polar surface area (TPSA) is 77.0 Å². The Morgan fingerprint density at radius 3 is 2.53 bits per heavy atom. The molecule has 2 N–H and O–H groups in total. The van der Waals surface area contributed by atoms with Crippen LogP contribution in [0.15, 0.2) is 72.8 Å². The quantitative estimate of drug-likeness (QED) is 0.249. The largest absolute Gasteiger partial charge is 0.489 e. The molecule has 0 aromatic heterocycles. The van der Waals surface area contributed by atoms with Crippen LogP contribution >= 0.6 is 11.6 Å². The second kappa shape index (κ2) is 12.1. The highest BCUT2D eigenvalue weighted by Crippen LogP contribution is 2.19. The highest BCUT2D eigenvalue weighted by atomic mass is 35.5. The molecule has 168 valence electrons. The maximum atomic E-state index is 10.8. The molecule has 6 nitrogen and oxygen atoms in total. The zero-order chi connectivity index (χ0) is 22.8. The Labute approximate surface area is 192 Å². The van der Waals surface area contributed by atoms with Crippen LogP contribution < -0.4 is 14.9 Å². The fourth-order valence-electron chi connectivity index (χ4n) is 3.02. The predicted octanol–water partition coefficient (Wildman–Crippen LogP) is 4.64. The molecule has 3 aromatic rings. The Morgan fingerprint density at radius 2 is 1.78 bits per heavy atom. The van der Waals surface area contributed by atoms with Gasteiger partial charge >= 0.3 is 5.97 Å². The summed E-state index contributed by atoms with van der Waals surface area (Å²) in [5, 5.41) is 14.1. The summed E-state index contributed by atoms with van der Waals surface area (Å²) >= 11 is 5.97. The Kier molecular flexibility index (Phi) is 8.92. The third-order valence-corrected chi connectivity index (χ3v) is 4.88. The van der Waals surface area contributed by atoms with Gasteiger partial charge in [-0.25, -0.2) is 4.79 Å². The molecular weight excluding hydrogens is 430 g/mol. The zero-order valence-electron chi connectivity index (χ0n) is 17.8. The lowest BCUT2D eigenvalue weighted by Gasteiger charge is -2.13. The average Bonchev–Trinajstić information content (AvgIpc) is 2.80. The molecule has 0 aliphatic carbocycles. The monoisotopic (exact) mass is 455 g/mol. The summed E-state index contributed by atoms with van der Waals surface area (Å²) in [4.78, 5) is 20.3. The molecule has 32 heavy (non-hydrogen) atoms. The molecule has 3 rings (SSSR count). The first kappa shape index (κ1) is 23.6. The molecule has 0 radical (unpaired) electrons. The summed E-state index contributed by atoms with van der Waals surface area (Å²) in [6, 6.07) is 22.3. The summed E-state index contributed by atoms with van der Waals surface area (Å²) in [5.74, 6) is 0.674. The summed E-state index contributed by atoms with van der Waals surface area (Å²) < 4.78 is 5.82. The van der Waals surface area contributed by atoms with Crippen molar-refractivity contribution in [3.8, 4) is 11.5 Å². The van der Waals surface area contributed by atoms with Crippen LogP contribution in [0.1, 0.15) is 29.7 Å². The van der Waals surface area contributed by atoms with Gasteiger partial charge in [0.2, 0.25) is 0 Å². The highest BCUT2D eigenvalue weighted by Gasteiger charge is 2.07. The third-order valence-electron chi connectivity index (χ3n) is 4.64. The fraction of sp³-hybridized carbons (Fsp3) is 0.240. The molecule has 7 heteroatoms. The highest BCUT2D eigenvalue weighted by molar-refractivity contribution is 6.30. The molecule has 0 fully saturated rings. The van der Waals surface area contributed by atoms with E-state index in [4.69, 9.17) is 21.2 Å². The van der Waals surface area contributed by atoms with E-state index in [9.17, 15) is 9.90 Å². The normalized spacial score (nSPS) is 11.6. The van der Waals surface area contributed by atoms with Gasteiger partial charge in [0.25, 0.3) is 0 Å². The van der Waals surface area contributed by atoms with Gasteiger partial charge in [0.15, 0.2) is 5.75 Å². The summed E-state index contributed by atoms with van der Waals surface area (Å²) in [5.41, 5.74) is 2.86. The van der Waals surface area contributed by atoms with Crippen LogP contribution in [0.5, 0.6) is 11.5 Å². The Morgan fingerprint density at radius 1 is 1.00 bits per heavy atom. The molecule has 0 bridgehead atoms. The molecular formula is C25H26ClNO5. The van der Waals surface area contributed by atoms with Crippen molar-refractivity contribution in [3.05, 3.63) is 94.5 Å². The lowest BCUT2D eigenvalue weighted by Crippen LogP contribution is -2.23. The van der Waals surface area contributed by atoms with E-state index in [0.717, 1.165) is 29.8 Å². The van der Waals surface area contributed by atoms with Crippen molar-refractivity contribution in [1.82, 2.24) is 5.32 Å². The van der Waals surface area contributed by atoms with E-state index in [-0.39, 0.29) is 0 Å². The van der Waals surface area contributed by atoms with E-state index >= 15 is 0 Å². The first-order valence-corrected chi connectivity index (χ1v) is 10.7. The molecule has 0 heterocycles. The number of carbonyl (C=O) groups excluding carboxylic acids is 1. The van der Waals surface area contributed by atoms with Crippen LogP contribution in [0.3, 0.4) is 0 Å². The maximum Gasteiger partial charge on any atom is 0.352 e. The summed E-state index contributed by atoms with van der Waals surface area (Å²) in [6.45, 7) is 2.84. The second-order valence-electron chi connectivity index (χ2n) is 7.26.